The summed E-state index contributed by atoms with van der Waals surface area (Å²) in [6, 6.07) is 0. The largest absolute Gasteiger partial charge is 0.379 e. The van der Waals surface area contributed by atoms with E-state index in [-0.39, 0.29) is 18.1 Å². The third kappa shape index (κ3) is 10.8. The maximum absolute atomic E-state index is 11.1. The van der Waals surface area contributed by atoms with Gasteiger partial charge < -0.3 is 14.8 Å². The lowest BCUT2D eigenvalue weighted by molar-refractivity contribution is -0.124. The van der Waals surface area contributed by atoms with E-state index >= 15 is 0 Å². The van der Waals surface area contributed by atoms with Gasteiger partial charge in [0.25, 0.3) is 0 Å². The molecule has 1 amide bonds. The highest BCUT2D eigenvalue weighted by molar-refractivity contribution is 5.83. The van der Waals surface area contributed by atoms with E-state index in [2.05, 4.69) is 11.9 Å². The van der Waals surface area contributed by atoms with Crippen LogP contribution in [0.25, 0.3) is 0 Å². The second-order valence-corrected chi connectivity index (χ2v) is 3.24. The molecule has 0 fully saturated rings. The van der Waals surface area contributed by atoms with Crippen LogP contribution in [0.1, 0.15) is 26.2 Å². The van der Waals surface area contributed by atoms with Crippen LogP contribution in [-0.2, 0) is 14.3 Å². The molecule has 0 unspecified atom stereocenters. The molecule has 0 atom stereocenters. The molecule has 0 saturated carbocycles. The van der Waals surface area contributed by atoms with Crippen molar-refractivity contribution in [3.05, 3.63) is 12.7 Å². The first-order valence-electron chi connectivity index (χ1n) is 5.11. The van der Waals surface area contributed by atoms with E-state index in [0.717, 1.165) is 6.42 Å². The van der Waals surface area contributed by atoms with Crippen molar-refractivity contribution in [1.82, 2.24) is 5.32 Å². The van der Waals surface area contributed by atoms with Crippen molar-refractivity contribution in [3.8, 4) is 0 Å². The van der Waals surface area contributed by atoms with Gasteiger partial charge in [-0.15, -0.1) is 6.58 Å². The quantitative estimate of drug-likeness (QED) is 0.460. The van der Waals surface area contributed by atoms with Crippen LogP contribution in [0, 0.1) is 0 Å². The van der Waals surface area contributed by atoms with Gasteiger partial charge in [0.15, 0.2) is 0 Å². The lowest BCUT2D eigenvalue weighted by atomic mass is 10.2. The van der Waals surface area contributed by atoms with Crippen LogP contribution in [-0.4, -0.2) is 31.4 Å². The number of ether oxygens (including phenoxy) is 1. The maximum Gasteiger partial charge on any atom is 0.220 e. The first kappa shape index (κ1) is 13.8. The molecule has 0 bridgehead atoms. The van der Waals surface area contributed by atoms with Gasteiger partial charge >= 0.3 is 0 Å². The van der Waals surface area contributed by atoms with Crippen molar-refractivity contribution < 1.29 is 14.3 Å². The molecule has 0 aromatic rings. The average Bonchev–Trinajstić information content (AvgIpc) is 2.20. The summed E-state index contributed by atoms with van der Waals surface area (Å²) in [6.45, 7) is 6.67. The Morgan fingerprint density at radius 3 is 2.67 bits per heavy atom. The number of ketones is 1. The molecule has 0 aliphatic heterocycles. The Labute approximate surface area is 90.7 Å². The number of carbonyl (C=O) groups excluding carboxylic acids is 2. The minimum Gasteiger partial charge on any atom is -0.379 e. The standard InChI is InChI=1S/C11H19NO3/c1-3-4-8-15-9-7-12-11(14)6-5-10(2)13/h3H,1,4-9H2,2H3,(H,12,14). The normalized spacial score (nSPS) is 9.67. The Kier molecular flexibility index (Phi) is 8.67. The molecule has 0 heterocycles. The van der Waals surface area contributed by atoms with Crippen LogP contribution >= 0.6 is 0 Å². The molecule has 0 spiro atoms. The average molecular weight is 213 g/mol. The van der Waals surface area contributed by atoms with Crippen LogP contribution < -0.4 is 5.32 Å². The van der Waals surface area contributed by atoms with Gasteiger partial charge in [0, 0.05) is 19.4 Å². The van der Waals surface area contributed by atoms with Crippen LogP contribution in [0.15, 0.2) is 12.7 Å². The molecule has 0 aliphatic rings. The smallest absolute Gasteiger partial charge is 0.220 e. The van der Waals surface area contributed by atoms with E-state index in [1.54, 1.807) is 6.08 Å². The van der Waals surface area contributed by atoms with Crippen molar-refractivity contribution in [1.29, 1.82) is 0 Å². The summed E-state index contributed by atoms with van der Waals surface area (Å²) in [4.78, 5) is 21.7. The number of carbonyl (C=O) groups is 2. The monoisotopic (exact) mass is 213 g/mol. The number of rotatable bonds is 9. The summed E-state index contributed by atoms with van der Waals surface area (Å²) in [5.41, 5.74) is 0. The van der Waals surface area contributed by atoms with Gasteiger partial charge in [0.1, 0.15) is 5.78 Å². The Morgan fingerprint density at radius 1 is 1.33 bits per heavy atom. The Bertz CT molecular complexity index is 214. The van der Waals surface area contributed by atoms with Crippen LogP contribution in [0.2, 0.25) is 0 Å². The first-order valence-corrected chi connectivity index (χ1v) is 5.11. The Hall–Kier alpha value is -1.16. The molecule has 0 saturated heterocycles. The predicted molar refractivity (Wildman–Crippen MR) is 58.6 cm³/mol. The minimum absolute atomic E-state index is 0.0346. The van der Waals surface area contributed by atoms with Crippen molar-refractivity contribution in [2.24, 2.45) is 0 Å². The summed E-state index contributed by atoms with van der Waals surface area (Å²) < 4.78 is 5.20. The fraction of sp³-hybridized carbons (Fsp3) is 0.636. The molecule has 86 valence electrons. The van der Waals surface area contributed by atoms with Gasteiger partial charge in [0.05, 0.1) is 13.2 Å². The summed E-state index contributed by atoms with van der Waals surface area (Å²) >= 11 is 0. The molecule has 0 aromatic heterocycles. The fourth-order valence-corrected chi connectivity index (χ4v) is 0.909. The summed E-state index contributed by atoms with van der Waals surface area (Å²) in [6.07, 6.45) is 3.18. The highest BCUT2D eigenvalue weighted by Gasteiger charge is 2.01. The van der Waals surface area contributed by atoms with Gasteiger partial charge in [-0.25, -0.2) is 0 Å². The zero-order chi connectivity index (χ0) is 11.5. The van der Waals surface area contributed by atoms with E-state index in [0.29, 0.717) is 26.2 Å². The highest BCUT2D eigenvalue weighted by atomic mass is 16.5. The Morgan fingerprint density at radius 2 is 2.07 bits per heavy atom. The lowest BCUT2D eigenvalue weighted by Crippen LogP contribution is -2.27. The van der Waals surface area contributed by atoms with E-state index in [1.807, 2.05) is 0 Å². The third-order valence-electron chi connectivity index (χ3n) is 1.74. The van der Waals surface area contributed by atoms with E-state index in [1.165, 1.54) is 6.92 Å². The maximum atomic E-state index is 11.1. The zero-order valence-corrected chi connectivity index (χ0v) is 9.25. The van der Waals surface area contributed by atoms with Gasteiger partial charge in [-0.3, -0.25) is 4.79 Å². The van der Waals surface area contributed by atoms with E-state index in [4.69, 9.17) is 4.74 Å². The SMILES string of the molecule is C=CCCOCCNC(=O)CCC(C)=O. The zero-order valence-electron chi connectivity index (χ0n) is 9.25. The molecule has 4 heteroatoms. The van der Waals surface area contributed by atoms with E-state index in [9.17, 15) is 9.59 Å². The van der Waals surface area contributed by atoms with Crippen LogP contribution in [0.5, 0.6) is 0 Å². The third-order valence-corrected chi connectivity index (χ3v) is 1.74. The summed E-state index contributed by atoms with van der Waals surface area (Å²) in [5.74, 6) is -0.0649. The lowest BCUT2D eigenvalue weighted by Gasteiger charge is -2.04. The van der Waals surface area contributed by atoms with Gasteiger partial charge in [-0.2, -0.15) is 0 Å². The van der Waals surface area contributed by atoms with E-state index < -0.39 is 0 Å². The number of Topliss-reactive ketones (excluding diaryl/α,β-unsaturated/α-hetero) is 1. The predicted octanol–water partition coefficient (Wildman–Crippen LogP) is 1.06. The number of nitrogens with one attached hydrogen (secondary N) is 1. The Balaban J connectivity index is 3.23. The van der Waals surface area contributed by atoms with Crippen molar-refractivity contribution in [2.45, 2.75) is 26.2 Å². The van der Waals surface area contributed by atoms with Crippen molar-refractivity contribution in [2.75, 3.05) is 19.8 Å². The van der Waals surface area contributed by atoms with Crippen LogP contribution in [0.4, 0.5) is 0 Å². The first-order chi connectivity index (χ1) is 7.16. The number of amides is 1. The molecule has 0 aromatic carbocycles. The van der Waals surface area contributed by atoms with Crippen molar-refractivity contribution in [3.63, 3.8) is 0 Å². The molecule has 0 rings (SSSR count). The molecule has 1 N–H and O–H groups in total. The topological polar surface area (TPSA) is 55.4 Å². The van der Waals surface area contributed by atoms with Gasteiger partial charge in [0.2, 0.25) is 5.91 Å². The summed E-state index contributed by atoms with van der Waals surface area (Å²) in [5, 5.41) is 2.67. The molecule has 0 aliphatic carbocycles. The molecule has 15 heavy (non-hydrogen) atoms. The fourth-order valence-electron chi connectivity index (χ4n) is 0.909. The summed E-state index contributed by atoms with van der Waals surface area (Å²) in [7, 11) is 0. The number of hydrogen-bond acceptors (Lipinski definition) is 3. The minimum atomic E-state index is -0.0995. The molecule has 0 radical (unpaired) electrons. The molecular weight excluding hydrogens is 194 g/mol. The second kappa shape index (κ2) is 9.40. The highest BCUT2D eigenvalue weighted by Crippen LogP contribution is 1.89. The number of hydrogen-bond donors (Lipinski definition) is 1. The second-order valence-electron chi connectivity index (χ2n) is 3.24. The van der Waals surface area contributed by atoms with Gasteiger partial charge in [-0.05, 0) is 13.3 Å². The van der Waals surface area contributed by atoms with Crippen LogP contribution in [0.3, 0.4) is 0 Å². The molecule has 4 nitrogen and oxygen atoms in total. The van der Waals surface area contributed by atoms with Crippen molar-refractivity contribution >= 4 is 11.7 Å². The molecular formula is C11H19NO3. The van der Waals surface area contributed by atoms with Gasteiger partial charge in [-0.1, -0.05) is 6.08 Å².